The first-order valence-electron chi connectivity index (χ1n) is 8.37. The van der Waals surface area contributed by atoms with Crippen LogP contribution in [0.25, 0.3) is 22.4 Å². The lowest BCUT2D eigenvalue weighted by Gasteiger charge is -2.08. The Kier molecular flexibility index (Phi) is 4.23. The Morgan fingerprint density at radius 2 is 1.96 bits per heavy atom. The first-order chi connectivity index (χ1) is 12.7. The van der Waals surface area contributed by atoms with Crippen molar-refractivity contribution in [2.24, 2.45) is 0 Å². The van der Waals surface area contributed by atoms with Crippen molar-refractivity contribution < 1.29 is 9.21 Å². The predicted molar refractivity (Wildman–Crippen MR) is 98.3 cm³/mol. The van der Waals surface area contributed by atoms with E-state index in [1.807, 2.05) is 66.2 Å². The second kappa shape index (κ2) is 6.84. The Morgan fingerprint density at radius 3 is 2.73 bits per heavy atom. The van der Waals surface area contributed by atoms with Crippen LogP contribution in [0.2, 0.25) is 0 Å². The zero-order chi connectivity index (χ0) is 17.9. The smallest absolute Gasteiger partial charge is 0.249 e. The molecular formula is C20H18N4O2. The van der Waals surface area contributed by atoms with Gasteiger partial charge in [0, 0.05) is 23.6 Å². The predicted octanol–water partition coefficient (Wildman–Crippen LogP) is 3.32. The lowest BCUT2D eigenvalue weighted by Crippen LogP contribution is -2.26. The average Bonchev–Trinajstić information content (AvgIpc) is 3.30. The molecule has 2 heterocycles. The van der Waals surface area contributed by atoms with Crippen LogP contribution in [0.15, 0.2) is 65.5 Å². The number of amides is 1. The number of para-hydroxylation sites is 1. The van der Waals surface area contributed by atoms with E-state index < -0.39 is 0 Å². The summed E-state index contributed by atoms with van der Waals surface area (Å²) in [4.78, 5) is 12.4. The number of hydrogen-bond acceptors (Lipinski definition) is 4. The highest BCUT2D eigenvalue weighted by molar-refractivity contribution is 5.94. The molecule has 1 amide bonds. The van der Waals surface area contributed by atoms with Gasteiger partial charge in [0.2, 0.25) is 18.2 Å². The van der Waals surface area contributed by atoms with Gasteiger partial charge in [-0.15, -0.1) is 10.2 Å². The van der Waals surface area contributed by atoms with Gasteiger partial charge in [-0.05, 0) is 18.6 Å². The fourth-order valence-electron chi connectivity index (χ4n) is 2.96. The van der Waals surface area contributed by atoms with Crippen LogP contribution in [0.5, 0.6) is 0 Å². The molecule has 0 saturated heterocycles. The van der Waals surface area contributed by atoms with Crippen molar-refractivity contribution in [3.05, 3.63) is 72.2 Å². The number of fused-ring (bicyclic) bond motifs is 1. The average molecular weight is 346 g/mol. The van der Waals surface area contributed by atoms with Crippen LogP contribution in [0, 0.1) is 6.92 Å². The van der Waals surface area contributed by atoms with Crippen LogP contribution in [-0.4, -0.2) is 20.7 Å². The van der Waals surface area contributed by atoms with Gasteiger partial charge in [0.1, 0.15) is 6.54 Å². The minimum atomic E-state index is -0.0524. The van der Waals surface area contributed by atoms with Gasteiger partial charge in [-0.3, -0.25) is 4.79 Å². The van der Waals surface area contributed by atoms with E-state index in [1.54, 1.807) is 0 Å². The summed E-state index contributed by atoms with van der Waals surface area (Å²) in [6.07, 6.45) is 3.18. The summed E-state index contributed by atoms with van der Waals surface area (Å²) >= 11 is 0. The van der Waals surface area contributed by atoms with E-state index in [9.17, 15) is 4.79 Å². The molecule has 0 saturated carbocycles. The molecule has 1 N–H and O–H groups in total. The molecule has 130 valence electrons. The summed E-state index contributed by atoms with van der Waals surface area (Å²) in [5, 5.41) is 11.7. The zero-order valence-electron chi connectivity index (χ0n) is 14.3. The van der Waals surface area contributed by atoms with Crippen molar-refractivity contribution in [3.63, 3.8) is 0 Å². The molecule has 0 aliphatic heterocycles. The van der Waals surface area contributed by atoms with Crippen molar-refractivity contribution in [1.29, 1.82) is 0 Å². The van der Waals surface area contributed by atoms with Crippen molar-refractivity contribution in [2.75, 3.05) is 0 Å². The van der Waals surface area contributed by atoms with E-state index in [4.69, 9.17) is 4.42 Å². The maximum atomic E-state index is 12.4. The van der Waals surface area contributed by atoms with E-state index in [-0.39, 0.29) is 12.5 Å². The van der Waals surface area contributed by atoms with Crippen molar-refractivity contribution in [2.45, 2.75) is 20.0 Å². The number of aromatic nitrogens is 3. The van der Waals surface area contributed by atoms with Crippen LogP contribution >= 0.6 is 0 Å². The number of aryl methyl sites for hydroxylation is 1. The minimum Gasteiger partial charge on any atom is -0.423 e. The van der Waals surface area contributed by atoms with Crippen LogP contribution in [0.3, 0.4) is 0 Å². The monoisotopic (exact) mass is 346 g/mol. The maximum Gasteiger partial charge on any atom is 0.249 e. The first-order valence-corrected chi connectivity index (χ1v) is 8.37. The molecule has 0 spiro atoms. The fraction of sp³-hybridized carbons (Fsp3) is 0.150. The molecule has 6 heteroatoms. The molecule has 0 aliphatic rings. The molecule has 0 unspecified atom stereocenters. The minimum absolute atomic E-state index is 0.0524. The number of hydrogen-bond donors (Lipinski definition) is 1. The highest BCUT2D eigenvalue weighted by Gasteiger charge is 2.15. The number of carbonyl (C=O) groups excluding carboxylic acids is 1. The van der Waals surface area contributed by atoms with Gasteiger partial charge >= 0.3 is 0 Å². The van der Waals surface area contributed by atoms with Gasteiger partial charge in [0.15, 0.2) is 0 Å². The van der Waals surface area contributed by atoms with Crippen molar-refractivity contribution in [1.82, 2.24) is 20.1 Å². The maximum absolute atomic E-state index is 12.4. The Bertz CT molecular complexity index is 1030. The van der Waals surface area contributed by atoms with Gasteiger partial charge in [-0.25, -0.2) is 0 Å². The van der Waals surface area contributed by atoms with Gasteiger partial charge in [0.05, 0.1) is 5.56 Å². The molecule has 6 nitrogen and oxygen atoms in total. The SMILES string of the molecule is Cc1ccc(CNC(=O)Cn2cc(-c3nnco3)c3ccccc32)cc1. The van der Waals surface area contributed by atoms with E-state index >= 15 is 0 Å². The lowest BCUT2D eigenvalue weighted by molar-refractivity contribution is -0.121. The Labute approximate surface area is 150 Å². The van der Waals surface area contributed by atoms with Crippen LogP contribution in [-0.2, 0) is 17.9 Å². The molecule has 0 aliphatic carbocycles. The van der Waals surface area contributed by atoms with Gasteiger partial charge in [0.25, 0.3) is 0 Å². The van der Waals surface area contributed by atoms with Gasteiger partial charge < -0.3 is 14.3 Å². The molecule has 4 aromatic rings. The molecule has 2 aromatic carbocycles. The molecular weight excluding hydrogens is 328 g/mol. The number of rotatable bonds is 5. The third kappa shape index (κ3) is 3.21. The third-order valence-electron chi connectivity index (χ3n) is 4.30. The van der Waals surface area contributed by atoms with Gasteiger partial charge in [-0.1, -0.05) is 48.0 Å². The first kappa shape index (κ1) is 16.1. The summed E-state index contributed by atoms with van der Waals surface area (Å²) in [6.45, 7) is 2.77. The van der Waals surface area contributed by atoms with E-state index in [0.29, 0.717) is 12.4 Å². The molecule has 2 aromatic heterocycles. The number of benzene rings is 2. The summed E-state index contributed by atoms with van der Waals surface area (Å²) in [5.74, 6) is 0.392. The standard InChI is InChI=1S/C20H18N4O2/c1-14-6-8-15(9-7-14)10-21-19(25)12-24-11-17(20-23-22-13-26-20)16-4-2-3-5-18(16)24/h2-9,11,13H,10,12H2,1H3,(H,21,25). The number of nitrogens with one attached hydrogen (secondary N) is 1. The second-order valence-corrected chi connectivity index (χ2v) is 6.19. The third-order valence-corrected chi connectivity index (χ3v) is 4.30. The largest absolute Gasteiger partial charge is 0.423 e. The number of nitrogens with zero attached hydrogens (tertiary/aromatic N) is 3. The summed E-state index contributed by atoms with van der Waals surface area (Å²) in [6, 6.07) is 16.0. The Morgan fingerprint density at radius 1 is 1.15 bits per heavy atom. The Balaban J connectivity index is 1.53. The molecule has 26 heavy (non-hydrogen) atoms. The fourth-order valence-corrected chi connectivity index (χ4v) is 2.96. The summed E-state index contributed by atoms with van der Waals surface area (Å²) < 4.78 is 7.23. The molecule has 4 rings (SSSR count). The quantitative estimate of drug-likeness (QED) is 0.602. The van der Waals surface area contributed by atoms with E-state index in [1.165, 1.54) is 12.0 Å². The Hall–Kier alpha value is -3.41. The topological polar surface area (TPSA) is 73.0 Å². The normalized spacial score (nSPS) is 11.0. The lowest BCUT2D eigenvalue weighted by atomic mass is 10.1. The molecule has 0 bridgehead atoms. The highest BCUT2D eigenvalue weighted by Crippen LogP contribution is 2.29. The summed E-state index contributed by atoms with van der Waals surface area (Å²) in [7, 11) is 0. The molecule has 0 atom stereocenters. The molecule has 0 radical (unpaired) electrons. The molecule has 0 fully saturated rings. The van der Waals surface area contributed by atoms with Crippen LogP contribution in [0.1, 0.15) is 11.1 Å². The summed E-state index contributed by atoms with van der Waals surface area (Å²) in [5.41, 5.74) is 4.05. The highest BCUT2D eigenvalue weighted by atomic mass is 16.4. The van der Waals surface area contributed by atoms with Crippen molar-refractivity contribution in [3.8, 4) is 11.5 Å². The van der Waals surface area contributed by atoms with Gasteiger partial charge in [-0.2, -0.15) is 0 Å². The van der Waals surface area contributed by atoms with Crippen LogP contribution < -0.4 is 5.32 Å². The van der Waals surface area contributed by atoms with E-state index in [0.717, 1.165) is 22.0 Å². The van der Waals surface area contributed by atoms with Crippen molar-refractivity contribution >= 4 is 16.8 Å². The zero-order valence-corrected chi connectivity index (χ0v) is 14.3. The van der Waals surface area contributed by atoms with Crippen LogP contribution in [0.4, 0.5) is 0 Å². The number of carbonyl (C=O) groups is 1. The van der Waals surface area contributed by atoms with E-state index in [2.05, 4.69) is 15.5 Å². The second-order valence-electron chi connectivity index (χ2n) is 6.19.